The van der Waals surface area contributed by atoms with Crippen molar-refractivity contribution in [3.8, 4) is 0 Å². The molecule has 0 atom stereocenters. The van der Waals surface area contributed by atoms with E-state index >= 15 is 0 Å². The molecular formula is C12H14N4O2. The van der Waals surface area contributed by atoms with Crippen LogP contribution in [0.5, 0.6) is 0 Å². The van der Waals surface area contributed by atoms with E-state index in [9.17, 15) is 10.1 Å². The Kier molecular flexibility index (Phi) is 3.36. The van der Waals surface area contributed by atoms with Gasteiger partial charge in [0.15, 0.2) is 0 Å². The van der Waals surface area contributed by atoms with E-state index in [0.717, 1.165) is 6.54 Å². The van der Waals surface area contributed by atoms with Crippen LogP contribution in [0, 0.1) is 16.0 Å². The topological polar surface area (TPSA) is 81.0 Å². The number of fused-ring (bicyclic) bond motifs is 1. The second kappa shape index (κ2) is 4.95. The van der Waals surface area contributed by atoms with Gasteiger partial charge < -0.3 is 5.32 Å². The van der Waals surface area contributed by atoms with Crippen LogP contribution in [-0.4, -0.2) is 21.4 Å². The van der Waals surface area contributed by atoms with Crippen molar-refractivity contribution in [1.29, 1.82) is 0 Å². The van der Waals surface area contributed by atoms with Gasteiger partial charge in [-0.15, -0.1) is 0 Å². The number of rotatable bonds is 4. The lowest BCUT2D eigenvalue weighted by Crippen LogP contribution is -2.09. The first-order valence-electron chi connectivity index (χ1n) is 5.71. The maximum absolute atomic E-state index is 10.8. The van der Waals surface area contributed by atoms with Gasteiger partial charge in [0.25, 0.3) is 5.69 Å². The molecule has 2 aromatic rings. The Morgan fingerprint density at radius 1 is 1.39 bits per heavy atom. The summed E-state index contributed by atoms with van der Waals surface area (Å²) in [5, 5.41) is 14.6. The Bertz CT molecular complexity index is 583. The maximum Gasteiger partial charge on any atom is 0.270 e. The molecule has 0 unspecified atom stereocenters. The minimum atomic E-state index is -0.418. The van der Waals surface area contributed by atoms with Crippen molar-refractivity contribution in [2.24, 2.45) is 5.92 Å². The molecule has 0 amide bonds. The fourth-order valence-corrected chi connectivity index (χ4v) is 1.60. The molecule has 1 heterocycles. The van der Waals surface area contributed by atoms with Gasteiger partial charge in [-0.25, -0.2) is 9.97 Å². The quantitative estimate of drug-likeness (QED) is 0.662. The van der Waals surface area contributed by atoms with Crippen LogP contribution in [0.4, 0.5) is 11.5 Å². The van der Waals surface area contributed by atoms with Crippen molar-refractivity contribution in [3.63, 3.8) is 0 Å². The highest BCUT2D eigenvalue weighted by Gasteiger charge is 2.10. The van der Waals surface area contributed by atoms with Crippen LogP contribution in [0.3, 0.4) is 0 Å². The SMILES string of the molecule is CC(C)CNc1ncnc2ccc([N+](=O)[O-])cc12. The first-order valence-corrected chi connectivity index (χ1v) is 5.71. The number of nitro benzene ring substituents is 1. The van der Waals surface area contributed by atoms with Gasteiger partial charge in [0.1, 0.15) is 12.1 Å². The van der Waals surface area contributed by atoms with Crippen molar-refractivity contribution in [2.45, 2.75) is 13.8 Å². The molecule has 1 aromatic heterocycles. The summed E-state index contributed by atoms with van der Waals surface area (Å²) in [5.74, 6) is 1.10. The van der Waals surface area contributed by atoms with Crippen molar-refractivity contribution >= 4 is 22.4 Å². The molecule has 0 bridgehead atoms. The molecule has 0 saturated heterocycles. The van der Waals surface area contributed by atoms with Crippen molar-refractivity contribution < 1.29 is 4.92 Å². The zero-order chi connectivity index (χ0) is 13.1. The van der Waals surface area contributed by atoms with E-state index < -0.39 is 4.92 Å². The van der Waals surface area contributed by atoms with E-state index in [2.05, 4.69) is 29.1 Å². The summed E-state index contributed by atoms with van der Waals surface area (Å²) in [6, 6.07) is 4.58. The van der Waals surface area contributed by atoms with Gasteiger partial charge in [0.2, 0.25) is 0 Å². The molecule has 94 valence electrons. The number of aromatic nitrogens is 2. The largest absolute Gasteiger partial charge is 0.369 e. The zero-order valence-electron chi connectivity index (χ0n) is 10.3. The first-order chi connectivity index (χ1) is 8.58. The normalized spacial score (nSPS) is 10.8. The van der Waals surface area contributed by atoms with Gasteiger partial charge in [0, 0.05) is 24.1 Å². The van der Waals surface area contributed by atoms with Crippen molar-refractivity contribution in [3.05, 3.63) is 34.6 Å². The number of anilines is 1. The fraction of sp³-hybridized carbons (Fsp3) is 0.333. The van der Waals surface area contributed by atoms with Gasteiger partial charge >= 0.3 is 0 Å². The highest BCUT2D eigenvalue weighted by molar-refractivity contribution is 5.90. The Hall–Kier alpha value is -2.24. The van der Waals surface area contributed by atoms with E-state index in [1.807, 2.05) is 0 Å². The summed E-state index contributed by atoms with van der Waals surface area (Å²) in [5.41, 5.74) is 0.742. The monoisotopic (exact) mass is 246 g/mol. The van der Waals surface area contributed by atoms with Gasteiger partial charge in [-0.2, -0.15) is 0 Å². The predicted octanol–water partition coefficient (Wildman–Crippen LogP) is 2.61. The fourth-order valence-electron chi connectivity index (χ4n) is 1.60. The molecular weight excluding hydrogens is 232 g/mol. The molecule has 18 heavy (non-hydrogen) atoms. The molecule has 6 heteroatoms. The van der Waals surface area contributed by atoms with Crippen LogP contribution in [-0.2, 0) is 0 Å². The summed E-state index contributed by atoms with van der Waals surface area (Å²) in [6.07, 6.45) is 1.46. The Labute approximate surface area is 104 Å². The third-order valence-corrected chi connectivity index (χ3v) is 2.51. The van der Waals surface area contributed by atoms with Gasteiger partial charge in [-0.05, 0) is 12.0 Å². The first kappa shape index (κ1) is 12.2. The minimum Gasteiger partial charge on any atom is -0.369 e. The summed E-state index contributed by atoms with van der Waals surface area (Å²) < 4.78 is 0. The second-order valence-corrected chi connectivity index (χ2v) is 4.46. The van der Waals surface area contributed by atoms with E-state index in [1.165, 1.54) is 18.5 Å². The van der Waals surface area contributed by atoms with Gasteiger partial charge in [0.05, 0.1) is 10.4 Å². The summed E-state index contributed by atoms with van der Waals surface area (Å²) >= 11 is 0. The highest BCUT2D eigenvalue weighted by atomic mass is 16.6. The zero-order valence-corrected chi connectivity index (χ0v) is 10.3. The summed E-state index contributed by atoms with van der Waals surface area (Å²) in [7, 11) is 0. The third kappa shape index (κ3) is 2.53. The number of nitro groups is 1. The molecule has 2 rings (SSSR count). The molecule has 0 aliphatic rings. The molecule has 1 aromatic carbocycles. The van der Waals surface area contributed by atoms with Crippen molar-refractivity contribution in [1.82, 2.24) is 9.97 Å². The number of nitrogens with one attached hydrogen (secondary N) is 1. The van der Waals surface area contributed by atoms with E-state index in [0.29, 0.717) is 22.6 Å². The summed E-state index contributed by atoms with van der Waals surface area (Å²) in [4.78, 5) is 18.6. The predicted molar refractivity (Wildman–Crippen MR) is 69.5 cm³/mol. The average Bonchev–Trinajstić information content (AvgIpc) is 2.35. The Morgan fingerprint density at radius 2 is 2.17 bits per heavy atom. The van der Waals surface area contributed by atoms with Crippen LogP contribution in [0.25, 0.3) is 10.9 Å². The number of hydrogen-bond acceptors (Lipinski definition) is 5. The lowest BCUT2D eigenvalue weighted by molar-refractivity contribution is -0.384. The molecule has 0 saturated carbocycles. The molecule has 1 N–H and O–H groups in total. The van der Waals surface area contributed by atoms with Crippen LogP contribution < -0.4 is 5.32 Å². The molecule has 0 aliphatic carbocycles. The van der Waals surface area contributed by atoms with E-state index in [4.69, 9.17) is 0 Å². The molecule has 0 radical (unpaired) electrons. The number of hydrogen-bond donors (Lipinski definition) is 1. The molecule has 6 nitrogen and oxygen atoms in total. The highest BCUT2D eigenvalue weighted by Crippen LogP contribution is 2.24. The second-order valence-electron chi connectivity index (χ2n) is 4.46. The lowest BCUT2D eigenvalue weighted by atomic mass is 10.2. The number of nitrogens with zero attached hydrogens (tertiary/aromatic N) is 3. The third-order valence-electron chi connectivity index (χ3n) is 2.51. The lowest BCUT2D eigenvalue weighted by Gasteiger charge is -2.09. The van der Waals surface area contributed by atoms with E-state index in [1.54, 1.807) is 6.07 Å². The molecule has 0 spiro atoms. The van der Waals surface area contributed by atoms with E-state index in [-0.39, 0.29) is 5.69 Å². The Balaban J connectivity index is 2.45. The molecule has 0 fully saturated rings. The average molecular weight is 246 g/mol. The minimum absolute atomic E-state index is 0.0462. The van der Waals surface area contributed by atoms with Gasteiger partial charge in [-0.3, -0.25) is 10.1 Å². The van der Waals surface area contributed by atoms with Crippen LogP contribution in [0.1, 0.15) is 13.8 Å². The number of benzene rings is 1. The molecule has 0 aliphatic heterocycles. The smallest absolute Gasteiger partial charge is 0.270 e. The van der Waals surface area contributed by atoms with Crippen LogP contribution in [0.2, 0.25) is 0 Å². The Morgan fingerprint density at radius 3 is 2.83 bits per heavy atom. The van der Waals surface area contributed by atoms with Crippen LogP contribution >= 0.6 is 0 Å². The van der Waals surface area contributed by atoms with Gasteiger partial charge in [-0.1, -0.05) is 13.8 Å². The standard InChI is InChI=1S/C12H14N4O2/c1-8(2)6-13-12-10-5-9(16(17)18)3-4-11(10)14-7-15-12/h3-5,7-8H,6H2,1-2H3,(H,13,14,15). The number of non-ortho nitro benzene ring substituents is 1. The van der Waals surface area contributed by atoms with Crippen LogP contribution in [0.15, 0.2) is 24.5 Å². The maximum atomic E-state index is 10.8. The summed E-state index contributed by atoms with van der Waals surface area (Å²) in [6.45, 7) is 4.92. The van der Waals surface area contributed by atoms with Crippen molar-refractivity contribution in [2.75, 3.05) is 11.9 Å².